The molecule has 4 atom stereocenters. The molecule has 74 heavy (non-hydrogen) atoms. The lowest BCUT2D eigenvalue weighted by Crippen LogP contribution is -2.53. The maximum absolute atomic E-state index is 12.7. The van der Waals surface area contributed by atoms with Crippen LogP contribution in [0, 0.1) is 0 Å². The average molecular weight is 1050 g/mol. The van der Waals surface area contributed by atoms with Crippen molar-refractivity contribution < 1.29 is 25.2 Å². The molecule has 0 saturated carbocycles. The number of aliphatic hydroxyl groups excluding tert-OH is 4. The van der Waals surface area contributed by atoms with E-state index in [9.17, 15) is 25.2 Å². The van der Waals surface area contributed by atoms with Gasteiger partial charge in [-0.15, -0.1) is 0 Å². The SMILES string of the molecule is CCCCCCCCCCCCCC/C=C\CCCCCCCCCCCCC(O)C(=O)NC(CO)C(O)C(O)CCCCCCCCCCCCCCCCCCCCCCCCCCCCCCCCCC. The second-order valence-corrected chi connectivity index (χ2v) is 23.9. The molecule has 6 nitrogen and oxygen atoms in total. The molecule has 0 fully saturated rings. The van der Waals surface area contributed by atoms with Crippen LogP contribution in [0.15, 0.2) is 12.2 Å². The highest BCUT2D eigenvalue weighted by Gasteiger charge is 2.28. The number of amides is 1. The molecule has 0 aromatic heterocycles. The Morgan fingerprint density at radius 2 is 0.541 bits per heavy atom. The molecular formula is C68H135NO5. The first-order valence-corrected chi connectivity index (χ1v) is 34.1. The van der Waals surface area contributed by atoms with Gasteiger partial charge in [-0.1, -0.05) is 360 Å². The van der Waals surface area contributed by atoms with Crippen LogP contribution >= 0.6 is 0 Å². The van der Waals surface area contributed by atoms with Gasteiger partial charge in [0.05, 0.1) is 18.8 Å². The van der Waals surface area contributed by atoms with E-state index in [0.29, 0.717) is 12.8 Å². The Kier molecular flexibility index (Phi) is 62.1. The monoisotopic (exact) mass is 1050 g/mol. The number of nitrogens with one attached hydrogen (secondary N) is 1. The fraction of sp³-hybridized carbons (Fsp3) is 0.956. The molecule has 0 bridgehead atoms. The Hall–Kier alpha value is -0.950. The lowest BCUT2D eigenvalue weighted by atomic mass is 9.99. The van der Waals surface area contributed by atoms with Crippen LogP contribution in [0.25, 0.3) is 0 Å². The molecule has 0 aliphatic rings. The average Bonchev–Trinajstić information content (AvgIpc) is 3.41. The van der Waals surface area contributed by atoms with Gasteiger partial charge in [0.1, 0.15) is 12.2 Å². The smallest absolute Gasteiger partial charge is 0.249 e. The summed E-state index contributed by atoms with van der Waals surface area (Å²) < 4.78 is 0. The third-order valence-electron chi connectivity index (χ3n) is 16.5. The van der Waals surface area contributed by atoms with Crippen molar-refractivity contribution in [2.45, 2.75) is 411 Å². The van der Waals surface area contributed by atoms with Crippen LogP contribution in [0.4, 0.5) is 0 Å². The lowest BCUT2D eigenvalue weighted by Gasteiger charge is -2.27. The quantitative estimate of drug-likeness (QED) is 0.0308. The maximum atomic E-state index is 12.7. The number of rotatable bonds is 64. The predicted molar refractivity (Wildman–Crippen MR) is 325 cm³/mol. The highest BCUT2D eigenvalue weighted by molar-refractivity contribution is 5.80. The highest BCUT2D eigenvalue weighted by Crippen LogP contribution is 2.20. The van der Waals surface area contributed by atoms with Crippen molar-refractivity contribution in [1.29, 1.82) is 0 Å². The molecule has 0 rings (SSSR count). The molecule has 0 aliphatic heterocycles. The molecule has 0 radical (unpaired) electrons. The van der Waals surface area contributed by atoms with Gasteiger partial charge in [-0.3, -0.25) is 4.79 Å². The van der Waals surface area contributed by atoms with Crippen molar-refractivity contribution in [2.24, 2.45) is 0 Å². The van der Waals surface area contributed by atoms with Gasteiger partial charge < -0.3 is 25.7 Å². The van der Waals surface area contributed by atoms with Crippen LogP contribution in [-0.4, -0.2) is 57.3 Å². The van der Waals surface area contributed by atoms with E-state index in [2.05, 4.69) is 31.3 Å². The molecule has 0 spiro atoms. The second-order valence-electron chi connectivity index (χ2n) is 23.9. The number of carbonyl (C=O) groups excluding carboxylic acids is 1. The van der Waals surface area contributed by atoms with Gasteiger partial charge in [-0.05, 0) is 38.5 Å². The normalized spacial score (nSPS) is 13.5. The fourth-order valence-corrected chi connectivity index (χ4v) is 11.2. The zero-order valence-electron chi connectivity index (χ0n) is 50.4. The van der Waals surface area contributed by atoms with E-state index in [1.165, 1.54) is 321 Å². The van der Waals surface area contributed by atoms with Gasteiger partial charge in [0, 0.05) is 0 Å². The summed E-state index contributed by atoms with van der Waals surface area (Å²) in [5.41, 5.74) is 0. The van der Waals surface area contributed by atoms with Gasteiger partial charge in [0.25, 0.3) is 0 Å². The van der Waals surface area contributed by atoms with Gasteiger partial charge in [0.2, 0.25) is 5.91 Å². The predicted octanol–water partition coefficient (Wildman–Crippen LogP) is 20.8. The number of allylic oxidation sites excluding steroid dienone is 2. The Labute approximate surface area is 463 Å². The summed E-state index contributed by atoms with van der Waals surface area (Å²) in [5.74, 6) is -0.577. The number of hydrogen-bond acceptors (Lipinski definition) is 5. The third kappa shape index (κ3) is 55.8. The van der Waals surface area contributed by atoms with Crippen LogP contribution in [0.2, 0.25) is 0 Å². The summed E-state index contributed by atoms with van der Waals surface area (Å²) in [4.78, 5) is 12.7. The molecule has 6 heteroatoms. The fourth-order valence-electron chi connectivity index (χ4n) is 11.2. The Balaban J connectivity index is 3.53. The van der Waals surface area contributed by atoms with Crippen LogP contribution in [0.3, 0.4) is 0 Å². The van der Waals surface area contributed by atoms with E-state index in [0.717, 1.165) is 38.5 Å². The first-order valence-electron chi connectivity index (χ1n) is 34.1. The minimum absolute atomic E-state index is 0.371. The molecule has 0 aromatic carbocycles. The first kappa shape index (κ1) is 73.0. The number of unbranched alkanes of at least 4 members (excludes halogenated alkanes) is 53. The van der Waals surface area contributed by atoms with Gasteiger partial charge in [-0.25, -0.2) is 0 Å². The Morgan fingerprint density at radius 3 is 0.784 bits per heavy atom. The summed E-state index contributed by atoms with van der Waals surface area (Å²) in [6, 6.07) is -0.985. The largest absolute Gasteiger partial charge is 0.394 e. The Morgan fingerprint density at radius 1 is 0.324 bits per heavy atom. The number of carbonyl (C=O) groups is 1. The lowest BCUT2D eigenvalue weighted by molar-refractivity contribution is -0.132. The molecule has 1 amide bonds. The molecule has 0 aromatic rings. The van der Waals surface area contributed by atoms with Crippen molar-refractivity contribution >= 4 is 5.91 Å². The van der Waals surface area contributed by atoms with Crippen molar-refractivity contribution in [1.82, 2.24) is 5.32 Å². The first-order chi connectivity index (χ1) is 36.5. The number of hydrogen-bond donors (Lipinski definition) is 5. The maximum Gasteiger partial charge on any atom is 0.249 e. The van der Waals surface area contributed by atoms with Gasteiger partial charge in [-0.2, -0.15) is 0 Å². The van der Waals surface area contributed by atoms with Gasteiger partial charge in [0.15, 0.2) is 0 Å². The molecule has 5 N–H and O–H groups in total. The standard InChI is InChI=1S/C68H135NO5/c1-3-5-7-9-11-13-15-17-19-21-23-25-27-29-31-32-33-34-35-36-38-39-41-43-45-47-49-51-53-55-57-59-61-65(71)67(73)64(63-70)69-68(74)66(72)62-60-58-56-54-52-50-48-46-44-42-40-37-30-28-26-24-22-20-18-16-14-12-10-8-6-4-2/h30,37,64-67,70-73H,3-29,31-36,38-63H2,1-2H3,(H,69,74)/b37-30-. The van der Waals surface area contributed by atoms with Crippen molar-refractivity contribution in [3.8, 4) is 0 Å². The summed E-state index contributed by atoms with van der Waals surface area (Å²) in [7, 11) is 0. The zero-order chi connectivity index (χ0) is 53.7. The molecule has 4 unspecified atom stereocenters. The molecule has 442 valence electrons. The molecule has 0 heterocycles. The zero-order valence-corrected chi connectivity index (χ0v) is 50.4. The summed E-state index contributed by atoms with van der Waals surface area (Å²) in [6.45, 7) is 4.11. The third-order valence-corrected chi connectivity index (χ3v) is 16.5. The van der Waals surface area contributed by atoms with Crippen molar-refractivity contribution in [3.05, 3.63) is 12.2 Å². The van der Waals surface area contributed by atoms with Crippen molar-refractivity contribution in [3.63, 3.8) is 0 Å². The van der Waals surface area contributed by atoms with E-state index < -0.39 is 36.9 Å². The van der Waals surface area contributed by atoms with Crippen LogP contribution in [0.1, 0.15) is 386 Å². The number of aliphatic hydroxyl groups is 4. The van der Waals surface area contributed by atoms with E-state index >= 15 is 0 Å². The van der Waals surface area contributed by atoms with Crippen LogP contribution in [0.5, 0.6) is 0 Å². The summed E-state index contributed by atoms with van der Waals surface area (Å²) in [5, 5.41) is 44.2. The van der Waals surface area contributed by atoms with E-state index in [4.69, 9.17) is 0 Å². The minimum atomic E-state index is -1.26. The summed E-state index contributed by atoms with van der Waals surface area (Å²) in [6.07, 6.45) is 77.6. The Bertz CT molecular complexity index is 1080. The van der Waals surface area contributed by atoms with E-state index in [-0.39, 0.29) is 0 Å². The molecule has 0 saturated heterocycles. The van der Waals surface area contributed by atoms with E-state index in [1.54, 1.807) is 0 Å². The topological polar surface area (TPSA) is 110 Å². The molecular weight excluding hydrogens is 911 g/mol. The van der Waals surface area contributed by atoms with Crippen LogP contribution < -0.4 is 5.32 Å². The minimum Gasteiger partial charge on any atom is -0.394 e. The molecule has 0 aliphatic carbocycles. The van der Waals surface area contributed by atoms with Gasteiger partial charge >= 0.3 is 0 Å². The summed E-state index contributed by atoms with van der Waals surface area (Å²) >= 11 is 0. The van der Waals surface area contributed by atoms with Crippen molar-refractivity contribution in [2.75, 3.05) is 6.61 Å². The highest BCUT2D eigenvalue weighted by atomic mass is 16.3. The second kappa shape index (κ2) is 62.9. The van der Waals surface area contributed by atoms with E-state index in [1.807, 2.05) is 0 Å². The van der Waals surface area contributed by atoms with Crippen LogP contribution in [-0.2, 0) is 4.79 Å².